The van der Waals surface area contributed by atoms with Gasteiger partial charge in [-0.05, 0) is 185 Å². The fourth-order valence-corrected chi connectivity index (χ4v) is 11.4. The Balaban J connectivity index is 0.000000196. The molecule has 40 heteroatoms. The minimum Gasteiger partial charge on any atom is -0.497 e. The van der Waals surface area contributed by atoms with Crippen LogP contribution < -0.4 is 33.2 Å². The summed E-state index contributed by atoms with van der Waals surface area (Å²) in [5.41, 5.74) is 5.29. The zero-order valence-corrected chi connectivity index (χ0v) is 75.9. The Morgan fingerprint density at radius 1 is 0.292 bits per heavy atom. The summed E-state index contributed by atoms with van der Waals surface area (Å²) >= 11 is 0. The minimum absolute atomic E-state index is 0.0803. The first kappa shape index (κ1) is 103. The Kier molecular flexibility index (Phi) is 39.3. The zero-order chi connectivity index (χ0) is 99.5. The maximum atomic E-state index is 12.1. The summed E-state index contributed by atoms with van der Waals surface area (Å²) in [7, 11) is 8.83. The number of hydrogen-bond acceptors (Lipinski definition) is 29. The first-order valence-electron chi connectivity index (χ1n) is 40.5. The predicted molar refractivity (Wildman–Crippen MR) is 508 cm³/mol. The molecule has 0 radical (unpaired) electrons. The highest BCUT2D eigenvalue weighted by molar-refractivity contribution is 6.01. The number of carbonyl (C=O) groups is 7. The van der Waals surface area contributed by atoms with Crippen molar-refractivity contribution in [2.75, 3.05) is 42.7 Å². The van der Waals surface area contributed by atoms with Crippen molar-refractivity contribution in [1.82, 2.24) is 66.9 Å². The number of nitro groups is 4. The van der Waals surface area contributed by atoms with Gasteiger partial charge in [-0.2, -0.15) is 0 Å². The van der Waals surface area contributed by atoms with Crippen LogP contribution >= 0.6 is 0 Å². The lowest BCUT2D eigenvalue weighted by Crippen LogP contribution is -2.22. The van der Waals surface area contributed by atoms with E-state index in [0.717, 1.165) is 33.9 Å². The van der Waals surface area contributed by atoms with Gasteiger partial charge in [-0.25, -0.2) is 34.9 Å². The molecule has 0 aliphatic carbocycles. The molecule has 0 saturated heterocycles. The van der Waals surface area contributed by atoms with Gasteiger partial charge in [0.15, 0.2) is 11.5 Å². The van der Waals surface area contributed by atoms with Crippen LogP contribution in [0.15, 0.2) is 318 Å². The van der Waals surface area contributed by atoms with Gasteiger partial charge < -0.3 is 33.2 Å². The van der Waals surface area contributed by atoms with Gasteiger partial charge in [0.05, 0.1) is 85.6 Å². The Hall–Kier alpha value is -18.9. The Morgan fingerprint density at radius 2 is 0.562 bits per heavy atom. The number of imidazole rings is 7. The molecule has 137 heavy (non-hydrogen) atoms. The first-order chi connectivity index (χ1) is 65.7. The highest BCUT2D eigenvalue weighted by Crippen LogP contribution is 2.32. The van der Waals surface area contributed by atoms with Gasteiger partial charge in [-0.15, -0.1) is 0 Å². The molecule has 7 aromatic carbocycles. The first-order valence-corrected chi connectivity index (χ1v) is 40.5. The van der Waals surface area contributed by atoms with Crippen molar-refractivity contribution >= 4 is 107 Å². The summed E-state index contributed by atoms with van der Waals surface area (Å²) in [5.74, 6) is 2.02. The fourth-order valence-electron chi connectivity index (χ4n) is 11.4. The molecule has 0 fully saturated rings. The van der Waals surface area contributed by atoms with Gasteiger partial charge >= 0.3 is 11.4 Å². The summed E-state index contributed by atoms with van der Waals surface area (Å²) < 4.78 is 45.1. The van der Waals surface area contributed by atoms with Crippen molar-refractivity contribution in [3.8, 4) is 40.2 Å². The number of ether oxygens (including phenoxy) is 7. The van der Waals surface area contributed by atoms with Crippen molar-refractivity contribution in [3.05, 3.63) is 397 Å². The van der Waals surface area contributed by atoms with Crippen LogP contribution in [0.1, 0.15) is 114 Å². The normalized spacial score (nSPS) is 11.1. The number of aromatic nitrogens is 14. The number of hydrogen-bond donors (Lipinski definition) is 0. The number of benzene rings is 7. The second kappa shape index (κ2) is 52.1. The van der Waals surface area contributed by atoms with E-state index in [4.69, 9.17) is 33.2 Å². The largest absolute Gasteiger partial charge is 0.497 e. The highest BCUT2D eigenvalue weighted by Gasteiger charge is 2.21. The number of rotatable bonds is 25. The van der Waals surface area contributed by atoms with Crippen LogP contribution in [0.3, 0.4) is 0 Å². The van der Waals surface area contributed by atoms with E-state index in [1.54, 1.807) is 121 Å². The van der Waals surface area contributed by atoms with E-state index in [1.165, 1.54) is 239 Å². The number of allylic oxidation sites excluding steroid dienone is 7. The van der Waals surface area contributed by atoms with Crippen molar-refractivity contribution in [1.29, 1.82) is 0 Å². The number of nitrogens with zero attached hydrogens (tertiary/aromatic N) is 18. The molecule has 0 aliphatic rings. The topological polar surface area (TPSA) is 481 Å². The van der Waals surface area contributed by atoms with E-state index in [2.05, 4.69) is 34.9 Å². The van der Waals surface area contributed by atoms with E-state index in [0.29, 0.717) is 50.5 Å². The summed E-state index contributed by atoms with van der Waals surface area (Å²) in [6.45, 7) is 11.0. The van der Waals surface area contributed by atoms with E-state index >= 15 is 0 Å². The monoisotopic (exact) mass is 1860 g/mol. The molecule has 702 valence electrons. The maximum Gasteiger partial charge on any atom is 0.311 e. The third-order valence-corrected chi connectivity index (χ3v) is 18.3. The summed E-state index contributed by atoms with van der Waals surface area (Å²) in [6.07, 6.45) is 48.4. The average Bonchev–Trinajstić information content (AvgIpc) is 1.16. The standard InChI is InChI=1S/C16H18N2O2.2C14H13N3O4.C14H14N2O2.2C13H11N3O4.C13H12N2O2/c1-16(2,3)20-14-7-4-13(5-8-14)6-9-15(19)18-11-10-17-12-18;1-10(14(18)16-6-5-15-9-16)7-11-3-4-12(21-2)8-13(11)17(19)20;1-10(14(18)16-6-5-15-9-16)7-11-3-4-13(21-2)12(8-11)17(19)20;1-11(14(17)16-8-7-15-10-16)9-12-3-5-13(18-2)6-4-12;1-20-11-4-2-10(12(8-11)16(18)19)3-5-13(17)15-7-6-14-9-15;1-20-12-4-2-10(8-11(12)16(18)19)3-5-13(17)15-7-6-14-9-15;1-17-12-5-2-11(3-6-12)4-7-13(16)15-9-8-14-10-15/h4-12H,1-3H3;2*3-9H,1-2H3;3-10H,1-2H3;2*2-9H,1H3;2-10H,1H3/b9-6+;2*10-7+;11-9+;2*5-3+;7-4+. The lowest BCUT2D eigenvalue weighted by Gasteiger charge is -2.21. The lowest BCUT2D eigenvalue weighted by molar-refractivity contribution is -0.385. The molecule has 0 saturated carbocycles. The van der Waals surface area contributed by atoms with E-state index in [-0.39, 0.29) is 81.2 Å². The Labute approximate surface area is 783 Å². The quantitative estimate of drug-likeness (QED) is 0.0291. The smallest absolute Gasteiger partial charge is 0.311 e. The van der Waals surface area contributed by atoms with Gasteiger partial charge in [-0.3, -0.25) is 106 Å². The second-order valence-electron chi connectivity index (χ2n) is 28.9. The van der Waals surface area contributed by atoms with Crippen LogP contribution in [-0.4, -0.2) is 176 Å². The molecule has 0 atom stereocenters. The van der Waals surface area contributed by atoms with Gasteiger partial charge in [0, 0.05) is 140 Å². The van der Waals surface area contributed by atoms with Crippen molar-refractivity contribution in [2.24, 2.45) is 0 Å². The van der Waals surface area contributed by atoms with Gasteiger partial charge in [0.1, 0.15) is 78.6 Å². The van der Waals surface area contributed by atoms with E-state index in [1.807, 2.05) is 99.6 Å². The van der Waals surface area contributed by atoms with Crippen LogP contribution in [0.2, 0.25) is 0 Å². The van der Waals surface area contributed by atoms with E-state index in [9.17, 15) is 74.0 Å². The fraction of sp³-hybridized carbons (Fsp3) is 0.134. The van der Waals surface area contributed by atoms with Crippen molar-refractivity contribution in [3.63, 3.8) is 0 Å². The van der Waals surface area contributed by atoms with Crippen molar-refractivity contribution in [2.45, 2.75) is 47.1 Å². The SMILES string of the molecule is CC(C)(C)Oc1ccc(/C=C/C(=O)n2ccnc2)cc1.COc1ccc(/C=C(\C)C(=O)n2ccnc2)c([N+](=O)[O-])c1.COc1ccc(/C=C(\C)C(=O)n2ccnc2)cc1.COc1ccc(/C=C(\C)C(=O)n2ccnc2)cc1[N+](=O)[O-].COc1ccc(/C=C/C(=O)n2ccnc2)c([N+](=O)[O-])c1.COc1ccc(/C=C/C(=O)n2ccnc2)cc1.COc1ccc(/C=C/C(=O)n2ccnc2)cc1[N+](=O)[O-]. The molecule has 0 spiro atoms. The molecule has 14 rings (SSSR count). The van der Waals surface area contributed by atoms with Crippen LogP contribution in [0.25, 0.3) is 42.5 Å². The molecular formula is C97H92N18O22. The van der Waals surface area contributed by atoms with Crippen LogP contribution in [0.5, 0.6) is 40.2 Å². The third kappa shape index (κ3) is 32.9. The summed E-state index contributed by atoms with van der Waals surface area (Å²) in [6, 6.07) is 40.5. The molecule has 0 N–H and O–H groups in total. The maximum absolute atomic E-state index is 12.1. The van der Waals surface area contributed by atoms with Crippen LogP contribution in [-0.2, 0) is 0 Å². The summed E-state index contributed by atoms with van der Waals surface area (Å²) in [4.78, 5) is 151. The van der Waals surface area contributed by atoms with Gasteiger partial charge in [-0.1, -0.05) is 48.5 Å². The summed E-state index contributed by atoms with van der Waals surface area (Å²) in [5, 5.41) is 43.9. The van der Waals surface area contributed by atoms with E-state index < -0.39 is 19.7 Å². The third-order valence-electron chi connectivity index (χ3n) is 18.3. The molecule has 0 bridgehead atoms. The number of nitro benzene ring substituents is 4. The number of carbonyl (C=O) groups excluding carboxylic acids is 7. The minimum atomic E-state index is -0.534. The highest BCUT2D eigenvalue weighted by atomic mass is 16.6. The molecule has 7 heterocycles. The predicted octanol–water partition coefficient (Wildman–Crippen LogP) is 17.7. The molecular weight excluding hydrogens is 1770 g/mol. The van der Waals surface area contributed by atoms with Gasteiger partial charge in [0.2, 0.25) is 0 Å². The molecule has 14 aromatic rings. The Bertz CT molecular complexity index is 6640. The van der Waals surface area contributed by atoms with Gasteiger partial charge in [0.25, 0.3) is 52.7 Å². The molecule has 0 aliphatic heterocycles. The lowest BCUT2D eigenvalue weighted by atomic mass is 10.1. The average molecular weight is 1860 g/mol. The Morgan fingerprint density at radius 3 is 0.883 bits per heavy atom. The van der Waals surface area contributed by atoms with Crippen LogP contribution in [0, 0.1) is 40.5 Å². The molecule has 0 unspecified atom stereocenters. The number of methoxy groups -OCH3 is 6. The molecule has 0 amide bonds. The second-order valence-corrected chi connectivity index (χ2v) is 28.9. The zero-order valence-electron chi connectivity index (χ0n) is 75.9. The van der Waals surface area contributed by atoms with Crippen LogP contribution in [0.4, 0.5) is 22.7 Å². The molecule has 40 nitrogen and oxygen atoms in total. The molecule has 7 aromatic heterocycles. The van der Waals surface area contributed by atoms with Crippen molar-refractivity contribution < 1.29 is 86.4 Å².